The molecule has 0 saturated heterocycles. The Kier molecular flexibility index (Phi) is 5.96. The van der Waals surface area contributed by atoms with Gasteiger partial charge in [0.1, 0.15) is 5.54 Å². The van der Waals surface area contributed by atoms with Crippen LogP contribution in [0.25, 0.3) is 11.3 Å². The minimum Gasteiger partial charge on any atom is -0.467 e. The molecule has 2 rings (SSSR count). The standard InChI is InChI=1S/C19H24N2O4/c1-5-19(3,18(23)24-4)21-16(22)10-11-17-20-12-15(25-17)14-8-6-13(2)7-9-14/h6-9,12H,5,10-11H2,1-4H3,(H,21,22)/t19-/m0/s1. The SMILES string of the molecule is CC[C@](C)(NC(=O)CCc1ncc(-c2ccc(C)cc2)o1)C(=O)OC. The van der Waals surface area contributed by atoms with Gasteiger partial charge in [0.25, 0.3) is 0 Å². The average Bonchev–Trinajstić information content (AvgIpc) is 3.08. The first kappa shape index (κ1) is 18.7. The van der Waals surface area contributed by atoms with Gasteiger partial charge in [-0.15, -0.1) is 0 Å². The van der Waals surface area contributed by atoms with Gasteiger partial charge in [-0.05, 0) is 20.3 Å². The fourth-order valence-electron chi connectivity index (χ4n) is 2.38. The highest BCUT2D eigenvalue weighted by Gasteiger charge is 2.33. The van der Waals surface area contributed by atoms with E-state index >= 15 is 0 Å². The van der Waals surface area contributed by atoms with Crippen LogP contribution >= 0.6 is 0 Å². The topological polar surface area (TPSA) is 81.4 Å². The molecule has 0 unspecified atom stereocenters. The molecule has 2 aromatic rings. The Hall–Kier alpha value is -2.63. The second kappa shape index (κ2) is 7.96. The fourth-order valence-corrected chi connectivity index (χ4v) is 2.38. The average molecular weight is 344 g/mol. The lowest BCUT2D eigenvalue weighted by molar-refractivity contribution is -0.150. The summed E-state index contributed by atoms with van der Waals surface area (Å²) in [6.07, 6.45) is 2.64. The lowest BCUT2D eigenvalue weighted by Crippen LogP contribution is -2.52. The van der Waals surface area contributed by atoms with Crippen LogP contribution in [0, 0.1) is 6.92 Å². The van der Waals surface area contributed by atoms with E-state index in [-0.39, 0.29) is 12.3 Å². The van der Waals surface area contributed by atoms with E-state index in [0.29, 0.717) is 24.5 Å². The summed E-state index contributed by atoms with van der Waals surface area (Å²) in [7, 11) is 1.31. The molecule has 0 aliphatic carbocycles. The predicted octanol–water partition coefficient (Wildman–Crippen LogP) is 3.04. The van der Waals surface area contributed by atoms with Gasteiger partial charge in [0, 0.05) is 18.4 Å². The van der Waals surface area contributed by atoms with Gasteiger partial charge in [-0.25, -0.2) is 9.78 Å². The summed E-state index contributed by atoms with van der Waals surface area (Å²) < 4.78 is 10.4. The number of esters is 1. The molecule has 134 valence electrons. The second-order valence-electron chi connectivity index (χ2n) is 6.21. The summed E-state index contributed by atoms with van der Waals surface area (Å²) >= 11 is 0. The molecule has 1 amide bonds. The maximum atomic E-state index is 12.1. The monoisotopic (exact) mass is 344 g/mol. The molecular weight excluding hydrogens is 320 g/mol. The van der Waals surface area contributed by atoms with E-state index in [4.69, 9.17) is 9.15 Å². The number of aryl methyl sites for hydroxylation is 2. The zero-order valence-corrected chi connectivity index (χ0v) is 15.1. The molecule has 0 radical (unpaired) electrons. The van der Waals surface area contributed by atoms with Crippen molar-refractivity contribution >= 4 is 11.9 Å². The number of benzene rings is 1. The smallest absolute Gasteiger partial charge is 0.331 e. The number of methoxy groups -OCH3 is 1. The van der Waals surface area contributed by atoms with Gasteiger partial charge in [0.15, 0.2) is 11.7 Å². The zero-order valence-electron chi connectivity index (χ0n) is 15.1. The van der Waals surface area contributed by atoms with Crippen molar-refractivity contribution in [3.05, 3.63) is 41.9 Å². The fraction of sp³-hybridized carbons (Fsp3) is 0.421. The highest BCUT2D eigenvalue weighted by atomic mass is 16.5. The first-order valence-corrected chi connectivity index (χ1v) is 8.29. The second-order valence-corrected chi connectivity index (χ2v) is 6.21. The highest BCUT2D eigenvalue weighted by molar-refractivity contribution is 5.87. The molecule has 0 bridgehead atoms. The molecule has 0 aliphatic heterocycles. The van der Waals surface area contributed by atoms with E-state index in [1.807, 2.05) is 38.1 Å². The van der Waals surface area contributed by atoms with Crippen molar-refractivity contribution in [3.63, 3.8) is 0 Å². The third-order valence-electron chi connectivity index (χ3n) is 4.21. The summed E-state index contributed by atoms with van der Waals surface area (Å²) in [4.78, 5) is 28.1. The van der Waals surface area contributed by atoms with E-state index in [0.717, 1.165) is 5.56 Å². The number of oxazole rings is 1. The Morgan fingerprint density at radius 2 is 1.96 bits per heavy atom. The van der Waals surface area contributed by atoms with Crippen LogP contribution in [0.2, 0.25) is 0 Å². The van der Waals surface area contributed by atoms with Gasteiger partial charge in [0.2, 0.25) is 5.91 Å². The maximum Gasteiger partial charge on any atom is 0.331 e. The first-order valence-electron chi connectivity index (χ1n) is 8.29. The van der Waals surface area contributed by atoms with E-state index < -0.39 is 11.5 Å². The molecule has 1 N–H and O–H groups in total. The normalized spacial score (nSPS) is 13.1. The quantitative estimate of drug-likeness (QED) is 0.781. The van der Waals surface area contributed by atoms with E-state index in [1.54, 1.807) is 13.1 Å². The zero-order chi connectivity index (χ0) is 18.4. The summed E-state index contributed by atoms with van der Waals surface area (Å²) in [5.74, 6) is 0.455. The molecule has 1 atom stereocenters. The van der Waals surface area contributed by atoms with Gasteiger partial charge in [-0.1, -0.05) is 36.8 Å². The van der Waals surface area contributed by atoms with Crippen molar-refractivity contribution in [3.8, 4) is 11.3 Å². The van der Waals surface area contributed by atoms with Crippen molar-refractivity contribution in [2.24, 2.45) is 0 Å². The first-order chi connectivity index (χ1) is 11.9. The van der Waals surface area contributed by atoms with Crippen LogP contribution in [0.15, 0.2) is 34.9 Å². The predicted molar refractivity (Wildman–Crippen MR) is 93.9 cm³/mol. The Bertz CT molecular complexity index is 736. The number of hydrogen-bond acceptors (Lipinski definition) is 5. The summed E-state index contributed by atoms with van der Waals surface area (Å²) in [6, 6.07) is 7.94. The van der Waals surface area contributed by atoms with Gasteiger partial charge >= 0.3 is 5.97 Å². The van der Waals surface area contributed by atoms with Gasteiger partial charge in [0.05, 0.1) is 13.3 Å². The van der Waals surface area contributed by atoms with Crippen LogP contribution in [-0.2, 0) is 20.7 Å². The van der Waals surface area contributed by atoms with Gasteiger partial charge < -0.3 is 14.5 Å². The van der Waals surface area contributed by atoms with Crippen LogP contribution in [0.4, 0.5) is 0 Å². The van der Waals surface area contributed by atoms with Crippen LogP contribution < -0.4 is 5.32 Å². The van der Waals surface area contributed by atoms with Crippen LogP contribution in [0.5, 0.6) is 0 Å². The third-order valence-corrected chi connectivity index (χ3v) is 4.21. The molecule has 1 heterocycles. The van der Waals surface area contributed by atoms with E-state index in [1.165, 1.54) is 12.7 Å². The number of hydrogen-bond donors (Lipinski definition) is 1. The van der Waals surface area contributed by atoms with Crippen molar-refractivity contribution in [2.45, 2.75) is 45.6 Å². The van der Waals surface area contributed by atoms with Gasteiger partial charge in [-0.3, -0.25) is 4.79 Å². The maximum absolute atomic E-state index is 12.1. The molecular formula is C19H24N2O4. The van der Waals surface area contributed by atoms with Crippen molar-refractivity contribution < 1.29 is 18.7 Å². The van der Waals surface area contributed by atoms with Crippen LogP contribution in [0.3, 0.4) is 0 Å². The number of aromatic nitrogens is 1. The van der Waals surface area contributed by atoms with Crippen LogP contribution in [-0.4, -0.2) is 29.5 Å². The number of amides is 1. The number of carbonyl (C=O) groups is 2. The summed E-state index contributed by atoms with van der Waals surface area (Å²) in [5.41, 5.74) is 1.10. The molecule has 0 saturated carbocycles. The molecule has 0 spiro atoms. The molecule has 0 aliphatic rings. The molecule has 25 heavy (non-hydrogen) atoms. The van der Waals surface area contributed by atoms with E-state index in [2.05, 4.69) is 10.3 Å². The van der Waals surface area contributed by atoms with Crippen molar-refractivity contribution in [1.82, 2.24) is 10.3 Å². The molecule has 1 aromatic carbocycles. The molecule has 6 nitrogen and oxygen atoms in total. The number of ether oxygens (including phenoxy) is 1. The number of carbonyl (C=O) groups excluding carboxylic acids is 2. The van der Waals surface area contributed by atoms with E-state index in [9.17, 15) is 9.59 Å². The van der Waals surface area contributed by atoms with Crippen LogP contribution in [0.1, 0.15) is 38.1 Å². The Balaban J connectivity index is 1.94. The summed E-state index contributed by atoms with van der Waals surface area (Å²) in [6.45, 7) is 5.49. The van der Waals surface area contributed by atoms with Crippen molar-refractivity contribution in [2.75, 3.05) is 7.11 Å². The minimum atomic E-state index is -1.02. The lowest BCUT2D eigenvalue weighted by Gasteiger charge is -2.26. The van der Waals surface area contributed by atoms with Gasteiger partial charge in [-0.2, -0.15) is 0 Å². The number of nitrogens with zero attached hydrogens (tertiary/aromatic N) is 1. The number of nitrogens with one attached hydrogen (secondary N) is 1. The molecule has 6 heteroatoms. The molecule has 1 aromatic heterocycles. The lowest BCUT2D eigenvalue weighted by atomic mass is 9.99. The highest BCUT2D eigenvalue weighted by Crippen LogP contribution is 2.21. The Morgan fingerprint density at radius 1 is 1.28 bits per heavy atom. The third kappa shape index (κ3) is 4.68. The Morgan fingerprint density at radius 3 is 2.56 bits per heavy atom. The Labute approximate surface area is 147 Å². The molecule has 0 fully saturated rings. The summed E-state index contributed by atoms with van der Waals surface area (Å²) in [5, 5.41) is 2.73. The number of rotatable bonds is 7. The minimum absolute atomic E-state index is 0.181. The largest absolute Gasteiger partial charge is 0.467 e. The van der Waals surface area contributed by atoms with Crippen molar-refractivity contribution in [1.29, 1.82) is 0 Å².